The fourth-order valence-corrected chi connectivity index (χ4v) is 4.17. The second kappa shape index (κ2) is 5.72. The van der Waals surface area contributed by atoms with E-state index in [1.54, 1.807) is 0 Å². The third kappa shape index (κ3) is 3.07. The molecule has 0 bridgehead atoms. The molecule has 1 saturated heterocycles. The van der Waals surface area contributed by atoms with Crippen LogP contribution in [0.15, 0.2) is 28.8 Å². The molecule has 5 heteroatoms. The number of rotatable bonds is 3. The first-order valence-electron chi connectivity index (χ1n) is 7.30. The van der Waals surface area contributed by atoms with E-state index in [0.29, 0.717) is 23.2 Å². The molecule has 1 aromatic heterocycles. The van der Waals surface area contributed by atoms with Gasteiger partial charge in [0.25, 0.3) is 5.89 Å². The van der Waals surface area contributed by atoms with Crippen LogP contribution in [0.25, 0.3) is 11.5 Å². The Morgan fingerprint density at radius 2 is 2.14 bits per heavy atom. The van der Waals surface area contributed by atoms with E-state index >= 15 is 0 Å². The van der Waals surface area contributed by atoms with Crippen LogP contribution in [-0.2, 0) is 0 Å². The largest absolute Gasteiger partial charge is 0.380 e. The van der Waals surface area contributed by atoms with Crippen LogP contribution in [0, 0.1) is 12.3 Å². The average molecular weight is 303 g/mol. The number of nitrogens with one attached hydrogen (secondary N) is 1. The minimum atomic E-state index is 0.295. The second-order valence-electron chi connectivity index (χ2n) is 6.20. The first kappa shape index (κ1) is 14.4. The number of nitrogens with zero attached hydrogens (tertiary/aromatic N) is 2. The molecule has 2 aromatic rings. The molecular formula is C16H21N3OS. The van der Waals surface area contributed by atoms with E-state index in [2.05, 4.69) is 35.4 Å². The van der Waals surface area contributed by atoms with Gasteiger partial charge in [-0.25, -0.2) is 0 Å². The molecule has 0 amide bonds. The van der Waals surface area contributed by atoms with E-state index in [1.807, 2.05) is 36.9 Å². The summed E-state index contributed by atoms with van der Waals surface area (Å²) in [6.45, 7) is 6.51. The summed E-state index contributed by atoms with van der Waals surface area (Å²) < 4.78 is 5.33. The van der Waals surface area contributed by atoms with Crippen molar-refractivity contribution >= 4 is 17.4 Å². The number of benzene rings is 1. The van der Waals surface area contributed by atoms with Crippen LogP contribution in [0.3, 0.4) is 0 Å². The van der Waals surface area contributed by atoms with Crippen LogP contribution >= 0.6 is 11.8 Å². The van der Waals surface area contributed by atoms with Crippen molar-refractivity contribution < 1.29 is 4.52 Å². The van der Waals surface area contributed by atoms with E-state index in [4.69, 9.17) is 4.52 Å². The summed E-state index contributed by atoms with van der Waals surface area (Å²) in [5, 5.41) is 7.59. The highest BCUT2D eigenvalue weighted by molar-refractivity contribution is 7.99. The molecule has 1 aliphatic heterocycles. The molecule has 2 heterocycles. The maximum atomic E-state index is 5.33. The van der Waals surface area contributed by atoms with Gasteiger partial charge in [-0.05, 0) is 36.6 Å². The number of anilines is 1. The van der Waals surface area contributed by atoms with Crippen LogP contribution in [0.5, 0.6) is 0 Å². The van der Waals surface area contributed by atoms with Crippen molar-refractivity contribution in [3.8, 4) is 11.5 Å². The van der Waals surface area contributed by atoms with E-state index < -0.39 is 0 Å². The lowest BCUT2D eigenvalue weighted by Crippen LogP contribution is -2.41. The maximum Gasteiger partial charge on any atom is 0.260 e. The van der Waals surface area contributed by atoms with Gasteiger partial charge in [0.2, 0.25) is 0 Å². The molecule has 0 radical (unpaired) electrons. The summed E-state index contributed by atoms with van der Waals surface area (Å²) in [7, 11) is 0. The van der Waals surface area contributed by atoms with Crippen molar-refractivity contribution in [1.82, 2.24) is 10.1 Å². The Morgan fingerprint density at radius 1 is 1.33 bits per heavy atom. The summed E-state index contributed by atoms with van der Waals surface area (Å²) in [6.07, 6.45) is 1.23. The number of aromatic nitrogens is 2. The van der Waals surface area contributed by atoms with Gasteiger partial charge >= 0.3 is 0 Å². The summed E-state index contributed by atoms with van der Waals surface area (Å²) in [6, 6.07) is 8.60. The monoisotopic (exact) mass is 303 g/mol. The first-order valence-corrected chi connectivity index (χ1v) is 8.46. The molecule has 1 unspecified atom stereocenters. The predicted molar refractivity (Wildman–Crippen MR) is 87.6 cm³/mol. The Labute approximate surface area is 129 Å². The normalized spacial score (nSPS) is 21.2. The molecule has 0 saturated carbocycles. The zero-order valence-electron chi connectivity index (χ0n) is 12.7. The lowest BCUT2D eigenvalue weighted by atomic mass is 9.82. The van der Waals surface area contributed by atoms with Gasteiger partial charge in [-0.3, -0.25) is 0 Å². The number of thioether (sulfide) groups is 1. The van der Waals surface area contributed by atoms with E-state index in [1.165, 1.54) is 12.2 Å². The maximum absolute atomic E-state index is 5.33. The minimum Gasteiger partial charge on any atom is -0.380 e. The fraction of sp³-hybridized carbons (Fsp3) is 0.500. The molecular weight excluding hydrogens is 282 g/mol. The zero-order valence-corrected chi connectivity index (χ0v) is 13.5. The Hall–Kier alpha value is -1.49. The molecule has 112 valence electrons. The van der Waals surface area contributed by atoms with E-state index in [-0.39, 0.29) is 0 Å². The Balaban J connectivity index is 1.89. The number of hydrogen-bond donors (Lipinski definition) is 1. The van der Waals surface area contributed by atoms with Crippen molar-refractivity contribution in [2.24, 2.45) is 5.41 Å². The van der Waals surface area contributed by atoms with Gasteiger partial charge in [-0.15, -0.1) is 0 Å². The number of para-hydroxylation sites is 1. The molecule has 1 fully saturated rings. The van der Waals surface area contributed by atoms with Crippen molar-refractivity contribution in [2.75, 3.05) is 16.8 Å². The van der Waals surface area contributed by atoms with Gasteiger partial charge in [-0.1, -0.05) is 31.1 Å². The van der Waals surface area contributed by atoms with Gasteiger partial charge < -0.3 is 9.84 Å². The van der Waals surface area contributed by atoms with Crippen LogP contribution in [0.1, 0.15) is 26.1 Å². The first-order chi connectivity index (χ1) is 10.1. The average Bonchev–Trinajstić information content (AvgIpc) is 2.88. The molecule has 1 aliphatic rings. The Kier molecular flexibility index (Phi) is 3.93. The fourth-order valence-electron chi connectivity index (χ4n) is 2.56. The predicted octanol–water partition coefficient (Wildman–Crippen LogP) is 3.99. The summed E-state index contributed by atoms with van der Waals surface area (Å²) in [5.74, 6) is 3.62. The Morgan fingerprint density at radius 3 is 2.86 bits per heavy atom. The minimum absolute atomic E-state index is 0.295. The summed E-state index contributed by atoms with van der Waals surface area (Å²) in [4.78, 5) is 4.35. The highest BCUT2D eigenvalue weighted by atomic mass is 32.2. The van der Waals surface area contributed by atoms with Gasteiger partial charge in [0, 0.05) is 17.5 Å². The molecule has 1 aromatic carbocycles. The molecule has 0 aliphatic carbocycles. The Bertz CT molecular complexity index is 623. The van der Waals surface area contributed by atoms with Crippen LogP contribution < -0.4 is 5.32 Å². The van der Waals surface area contributed by atoms with Gasteiger partial charge in [0.15, 0.2) is 5.82 Å². The molecule has 0 spiro atoms. The molecule has 21 heavy (non-hydrogen) atoms. The lowest BCUT2D eigenvalue weighted by molar-refractivity contribution is 0.305. The van der Waals surface area contributed by atoms with Gasteiger partial charge in [0.1, 0.15) is 0 Å². The lowest BCUT2D eigenvalue weighted by Gasteiger charge is -2.39. The second-order valence-corrected chi connectivity index (χ2v) is 7.35. The molecule has 1 N–H and O–H groups in total. The highest BCUT2D eigenvalue weighted by Crippen LogP contribution is 2.37. The SMILES string of the molecule is Cc1noc(-c2ccccc2NC2CSCCC2(C)C)n1. The van der Waals surface area contributed by atoms with Gasteiger partial charge in [-0.2, -0.15) is 16.7 Å². The van der Waals surface area contributed by atoms with Crippen LogP contribution in [0.2, 0.25) is 0 Å². The smallest absolute Gasteiger partial charge is 0.260 e. The quantitative estimate of drug-likeness (QED) is 0.929. The van der Waals surface area contributed by atoms with Crippen molar-refractivity contribution in [3.05, 3.63) is 30.1 Å². The van der Waals surface area contributed by atoms with Crippen molar-refractivity contribution in [1.29, 1.82) is 0 Å². The van der Waals surface area contributed by atoms with Gasteiger partial charge in [0.05, 0.1) is 5.56 Å². The van der Waals surface area contributed by atoms with E-state index in [0.717, 1.165) is 17.0 Å². The number of hydrogen-bond acceptors (Lipinski definition) is 5. The third-order valence-corrected chi connectivity index (χ3v) is 5.20. The standard InChI is InChI=1S/C16H21N3OS/c1-11-17-15(20-19-11)12-6-4-5-7-13(12)18-14-10-21-9-8-16(14,2)3/h4-7,14,18H,8-10H2,1-3H3. The summed E-state index contributed by atoms with van der Waals surface area (Å²) >= 11 is 2.02. The highest BCUT2D eigenvalue weighted by Gasteiger charge is 2.33. The summed E-state index contributed by atoms with van der Waals surface area (Å²) in [5.41, 5.74) is 2.34. The molecule has 1 atom stereocenters. The third-order valence-electron chi connectivity index (χ3n) is 4.13. The molecule has 4 nitrogen and oxygen atoms in total. The zero-order chi connectivity index (χ0) is 14.9. The van der Waals surface area contributed by atoms with Crippen molar-refractivity contribution in [2.45, 2.75) is 33.2 Å². The topological polar surface area (TPSA) is 51.0 Å². The van der Waals surface area contributed by atoms with Crippen LogP contribution in [-0.4, -0.2) is 27.7 Å². The molecule has 3 rings (SSSR count). The van der Waals surface area contributed by atoms with Crippen molar-refractivity contribution in [3.63, 3.8) is 0 Å². The van der Waals surface area contributed by atoms with E-state index in [9.17, 15) is 0 Å². The number of aryl methyl sites for hydroxylation is 1. The van der Waals surface area contributed by atoms with Crippen LogP contribution in [0.4, 0.5) is 5.69 Å².